The fourth-order valence-corrected chi connectivity index (χ4v) is 2.30. The molecule has 0 aliphatic rings. The van der Waals surface area contributed by atoms with Crippen LogP contribution in [-0.2, 0) is 4.74 Å². The van der Waals surface area contributed by atoms with Crippen LogP contribution in [0.4, 0.5) is 10.5 Å². The van der Waals surface area contributed by atoms with Gasteiger partial charge in [-0.25, -0.2) is 4.79 Å². The van der Waals surface area contributed by atoms with Gasteiger partial charge >= 0.3 is 6.09 Å². The number of ether oxygens (including phenoxy) is 2. The number of hydrogen-bond donors (Lipinski definition) is 1. The van der Waals surface area contributed by atoms with Gasteiger partial charge in [-0.15, -0.1) is 0 Å². The second kappa shape index (κ2) is 6.44. The molecule has 0 bridgehead atoms. The number of hydrogen-bond acceptors (Lipinski definition) is 4. The standard InChI is InChI=1S/C18H17NO4/c1-12(22-18(20)19-14-8-4-3-5-9-14)16-11-13-7-6-10-15(21-2)17(13)23-16/h3-12H,1-2H3,(H,19,20)/t12-/m1/s1. The van der Waals surface area contributed by atoms with Gasteiger partial charge in [0.05, 0.1) is 7.11 Å². The zero-order valence-electron chi connectivity index (χ0n) is 12.9. The van der Waals surface area contributed by atoms with Crippen molar-refractivity contribution in [3.05, 3.63) is 60.4 Å². The van der Waals surface area contributed by atoms with E-state index in [2.05, 4.69) is 5.32 Å². The Labute approximate surface area is 133 Å². The van der Waals surface area contributed by atoms with Crippen LogP contribution in [0.5, 0.6) is 5.75 Å². The Hall–Kier alpha value is -2.95. The third kappa shape index (κ3) is 3.29. The molecule has 0 aliphatic carbocycles. The van der Waals surface area contributed by atoms with Crippen LogP contribution >= 0.6 is 0 Å². The smallest absolute Gasteiger partial charge is 0.412 e. The van der Waals surface area contributed by atoms with Crippen LogP contribution in [0.1, 0.15) is 18.8 Å². The molecule has 1 aromatic heterocycles. The zero-order chi connectivity index (χ0) is 16.2. The molecule has 1 atom stereocenters. The monoisotopic (exact) mass is 311 g/mol. The third-order valence-electron chi connectivity index (χ3n) is 3.45. The number of methoxy groups -OCH3 is 1. The first kappa shape index (κ1) is 15.0. The Morgan fingerprint density at radius 2 is 1.91 bits per heavy atom. The Morgan fingerprint density at radius 3 is 2.65 bits per heavy atom. The second-order valence-corrected chi connectivity index (χ2v) is 5.07. The molecular formula is C18H17NO4. The molecule has 0 saturated heterocycles. The summed E-state index contributed by atoms with van der Waals surface area (Å²) in [6, 6.07) is 16.6. The minimum Gasteiger partial charge on any atom is -0.493 e. The molecule has 2 aromatic carbocycles. The summed E-state index contributed by atoms with van der Waals surface area (Å²) in [4.78, 5) is 11.9. The van der Waals surface area contributed by atoms with E-state index in [0.717, 1.165) is 5.39 Å². The van der Waals surface area contributed by atoms with Crippen LogP contribution in [0.2, 0.25) is 0 Å². The number of para-hydroxylation sites is 2. The van der Waals surface area contributed by atoms with E-state index < -0.39 is 12.2 Å². The molecule has 23 heavy (non-hydrogen) atoms. The maximum absolute atomic E-state index is 11.9. The molecule has 0 unspecified atom stereocenters. The number of benzene rings is 2. The average molecular weight is 311 g/mol. The Morgan fingerprint density at radius 1 is 1.13 bits per heavy atom. The van der Waals surface area contributed by atoms with Crippen molar-refractivity contribution in [3.63, 3.8) is 0 Å². The largest absolute Gasteiger partial charge is 0.493 e. The van der Waals surface area contributed by atoms with Crippen molar-refractivity contribution in [2.45, 2.75) is 13.0 Å². The van der Waals surface area contributed by atoms with Crippen LogP contribution in [0.15, 0.2) is 59.0 Å². The minimum absolute atomic E-state index is 0.518. The lowest BCUT2D eigenvalue weighted by Crippen LogP contribution is -2.15. The lowest BCUT2D eigenvalue weighted by molar-refractivity contribution is 0.109. The Kier molecular flexibility index (Phi) is 4.19. The van der Waals surface area contributed by atoms with Gasteiger partial charge in [0.15, 0.2) is 17.4 Å². The Bertz CT molecular complexity index is 810. The number of nitrogens with one attached hydrogen (secondary N) is 1. The summed E-state index contributed by atoms with van der Waals surface area (Å²) >= 11 is 0. The van der Waals surface area contributed by atoms with E-state index >= 15 is 0 Å². The van der Waals surface area contributed by atoms with Gasteiger partial charge in [0.1, 0.15) is 5.76 Å². The minimum atomic E-state index is -0.531. The van der Waals surface area contributed by atoms with Crippen molar-refractivity contribution < 1.29 is 18.7 Å². The SMILES string of the molecule is COc1cccc2cc([C@@H](C)OC(=O)Nc3ccccc3)oc12. The maximum atomic E-state index is 11.9. The topological polar surface area (TPSA) is 60.7 Å². The highest BCUT2D eigenvalue weighted by Crippen LogP contribution is 2.32. The lowest BCUT2D eigenvalue weighted by Gasteiger charge is -2.11. The van der Waals surface area contributed by atoms with Gasteiger partial charge < -0.3 is 13.9 Å². The summed E-state index contributed by atoms with van der Waals surface area (Å²) in [5, 5.41) is 3.57. The summed E-state index contributed by atoms with van der Waals surface area (Å²) in [5.74, 6) is 1.21. The number of carbonyl (C=O) groups excluding carboxylic acids is 1. The lowest BCUT2D eigenvalue weighted by atomic mass is 10.2. The van der Waals surface area contributed by atoms with Crippen LogP contribution in [0.25, 0.3) is 11.0 Å². The van der Waals surface area contributed by atoms with E-state index in [4.69, 9.17) is 13.9 Å². The van der Waals surface area contributed by atoms with Crippen molar-refractivity contribution in [1.29, 1.82) is 0 Å². The molecule has 0 saturated carbocycles. The predicted octanol–water partition coefficient (Wildman–Crippen LogP) is 4.75. The highest BCUT2D eigenvalue weighted by atomic mass is 16.6. The van der Waals surface area contributed by atoms with Gasteiger partial charge in [-0.1, -0.05) is 30.3 Å². The Balaban J connectivity index is 1.73. The van der Waals surface area contributed by atoms with E-state index in [0.29, 0.717) is 22.8 Å². The summed E-state index contributed by atoms with van der Waals surface area (Å²) in [6.45, 7) is 1.76. The predicted molar refractivity (Wildman–Crippen MR) is 87.7 cm³/mol. The normalized spacial score (nSPS) is 11.9. The van der Waals surface area contributed by atoms with E-state index in [1.807, 2.05) is 42.5 Å². The van der Waals surface area contributed by atoms with Crippen molar-refractivity contribution in [2.75, 3.05) is 12.4 Å². The molecule has 0 fully saturated rings. The van der Waals surface area contributed by atoms with E-state index in [1.54, 1.807) is 26.2 Å². The molecule has 3 aromatic rings. The molecule has 1 N–H and O–H groups in total. The highest BCUT2D eigenvalue weighted by molar-refractivity contribution is 5.85. The molecule has 0 radical (unpaired) electrons. The number of rotatable bonds is 4. The molecule has 5 heteroatoms. The van der Waals surface area contributed by atoms with Crippen LogP contribution in [0.3, 0.4) is 0 Å². The van der Waals surface area contributed by atoms with Crippen LogP contribution < -0.4 is 10.1 Å². The van der Waals surface area contributed by atoms with E-state index in [9.17, 15) is 4.79 Å². The van der Waals surface area contributed by atoms with Gasteiger partial charge in [0.25, 0.3) is 0 Å². The molecule has 5 nitrogen and oxygen atoms in total. The summed E-state index contributed by atoms with van der Waals surface area (Å²) < 4.78 is 16.4. The first-order valence-corrected chi connectivity index (χ1v) is 7.26. The number of fused-ring (bicyclic) bond motifs is 1. The fourth-order valence-electron chi connectivity index (χ4n) is 2.30. The summed E-state index contributed by atoms with van der Waals surface area (Å²) in [6.07, 6.45) is -1.05. The zero-order valence-corrected chi connectivity index (χ0v) is 12.9. The molecule has 0 spiro atoms. The fraction of sp³-hybridized carbons (Fsp3) is 0.167. The summed E-state index contributed by atoms with van der Waals surface area (Å²) in [5.41, 5.74) is 1.32. The van der Waals surface area contributed by atoms with Crippen molar-refractivity contribution in [1.82, 2.24) is 0 Å². The maximum Gasteiger partial charge on any atom is 0.412 e. The van der Waals surface area contributed by atoms with E-state index in [1.165, 1.54) is 0 Å². The first-order valence-electron chi connectivity index (χ1n) is 7.26. The first-order chi connectivity index (χ1) is 11.2. The third-order valence-corrected chi connectivity index (χ3v) is 3.45. The molecule has 118 valence electrons. The van der Waals surface area contributed by atoms with Crippen molar-refractivity contribution in [3.8, 4) is 5.75 Å². The molecule has 1 amide bonds. The quantitative estimate of drug-likeness (QED) is 0.755. The molecule has 1 heterocycles. The highest BCUT2D eigenvalue weighted by Gasteiger charge is 2.17. The average Bonchev–Trinajstić information content (AvgIpc) is 3.00. The van der Waals surface area contributed by atoms with Gasteiger partial charge in [-0.3, -0.25) is 5.32 Å². The molecular weight excluding hydrogens is 294 g/mol. The number of furan rings is 1. The number of carbonyl (C=O) groups is 1. The van der Waals surface area contributed by atoms with Crippen molar-refractivity contribution in [2.24, 2.45) is 0 Å². The molecule has 3 rings (SSSR count). The van der Waals surface area contributed by atoms with E-state index in [-0.39, 0.29) is 0 Å². The molecule has 0 aliphatic heterocycles. The summed E-state index contributed by atoms with van der Waals surface area (Å²) in [7, 11) is 1.59. The van der Waals surface area contributed by atoms with Crippen LogP contribution in [-0.4, -0.2) is 13.2 Å². The van der Waals surface area contributed by atoms with Gasteiger partial charge in [-0.05, 0) is 31.2 Å². The van der Waals surface area contributed by atoms with Gasteiger partial charge in [0, 0.05) is 11.1 Å². The second-order valence-electron chi connectivity index (χ2n) is 5.07. The van der Waals surface area contributed by atoms with Crippen LogP contribution in [0, 0.1) is 0 Å². The number of anilines is 1. The van der Waals surface area contributed by atoms with Gasteiger partial charge in [0.2, 0.25) is 0 Å². The van der Waals surface area contributed by atoms with Gasteiger partial charge in [-0.2, -0.15) is 0 Å². The number of amides is 1. The van der Waals surface area contributed by atoms with Crippen molar-refractivity contribution >= 4 is 22.7 Å².